The lowest BCUT2D eigenvalue weighted by Crippen LogP contribution is -2.31. The number of ether oxygens (including phenoxy) is 1. The maximum atomic E-state index is 14.4. The van der Waals surface area contributed by atoms with Crippen LogP contribution in [0.3, 0.4) is 0 Å². The van der Waals surface area contributed by atoms with Gasteiger partial charge in [-0.1, -0.05) is 25.1 Å². The van der Waals surface area contributed by atoms with Crippen LogP contribution in [-0.4, -0.2) is 12.1 Å². The van der Waals surface area contributed by atoms with Crippen LogP contribution in [0.1, 0.15) is 29.8 Å². The first kappa shape index (κ1) is 14.4. The fraction of sp³-hybridized carbons (Fsp3) is 0.267. The number of aromatic nitrogens is 1. The van der Waals surface area contributed by atoms with Gasteiger partial charge in [-0.15, -0.1) is 0 Å². The second-order valence-corrected chi connectivity index (χ2v) is 4.36. The zero-order valence-electron chi connectivity index (χ0n) is 11.6. The van der Waals surface area contributed by atoms with E-state index in [1.54, 1.807) is 24.4 Å². The molecular weight excluding hydrogens is 257 g/mol. The molecule has 1 heterocycles. The molecular formula is C15H18FN3O. The van der Waals surface area contributed by atoms with Crippen LogP contribution < -0.4 is 16.0 Å². The smallest absolute Gasteiger partial charge is 0.170 e. The molecule has 106 valence electrons. The molecule has 2 rings (SSSR count). The molecule has 0 aliphatic carbocycles. The lowest BCUT2D eigenvalue weighted by molar-refractivity contribution is 0.381. The molecule has 0 amide bonds. The monoisotopic (exact) mass is 275 g/mol. The van der Waals surface area contributed by atoms with Crippen LogP contribution >= 0.6 is 0 Å². The number of hydrogen-bond donors (Lipinski definition) is 2. The Morgan fingerprint density at radius 2 is 2.15 bits per heavy atom. The van der Waals surface area contributed by atoms with E-state index in [1.807, 2.05) is 19.1 Å². The van der Waals surface area contributed by atoms with Crippen molar-refractivity contribution >= 4 is 0 Å². The predicted molar refractivity (Wildman–Crippen MR) is 75.7 cm³/mol. The van der Waals surface area contributed by atoms with E-state index in [2.05, 4.69) is 10.4 Å². The summed E-state index contributed by atoms with van der Waals surface area (Å²) in [6.07, 6.45) is 2.48. The molecule has 0 aliphatic heterocycles. The molecule has 3 N–H and O–H groups in total. The molecule has 0 saturated carbocycles. The summed E-state index contributed by atoms with van der Waals surface area (Å²) in [5.74, 6) is 5.39. The predicted octanol–water partition coefficient (Wildman–Crippen LogP) is 2.34. The second-order valence-electron chi connectivity index (χ2n) is 4.36. The van der Waals surface area contributed by atoms with Crippen molar-refractivity contribution in [2.75, 3.05) is 7.11 Å². The topological polar surface area (TPSA) is 60.2 Å². The lowest BCUT2D eigenvalue weighted by Gasteiger charge is -2.20. The maximum Gasteiger partial charge on any atom is 0.170 e. The molecule has 1 aromatic heterocycles. The third kappa shape index (κ3) is 2.64. The number of halogens is 1. The highest BCUT2D eigenvalue weighted by Crippen LogP contribution is 2.29. The van der Waals surface area contributed by atoms with E-state index in [4.69, 9.17) is 10.6 Å². The average Bonchev–Trinajstić information content (AvgIpc) is 2.50. The maximum absolute atomic E-state index is 14.4. The van der Waals surface area contributed by atoms with Crippen LogP contribution in [0, 0.1) is 5.82 Å². The molecule has 0 aliphatic rings. The summed E-state index contributed by atoms with van der Waals surface area (Å²) in [4.78, 5) is 4.34. The molecule has 0 fully saturated rings. The van der Waals surface area contributed by atoms with Crippen molar-refractivity contribution < 1.29 is 9.13 Å². The van der Waals surface area contributed by atoms with Crippen molar-refractivity contribution in [2.45, 2.75) is 19.4 Å². The summed E-state index contributed by atoms with van der Waals surface area (Å²) in [7, 11) is 1.44. The summed E-state index contributed by atoms with van der Waals surface area (Å²) in [5, 5.41) is 0. The summed E-state index contributed by atoms with van der Waals surface area (Å²) in [6.45, 7) is 2.02. The largest absolute Gasteiger partial charge is 0.494 e. The zero-order valence-corrected chi connectivity index (χ0v) is 11.6. The third-order valence-electron chi connectivity index (χ3n) is 3.27. The summed E-state index contributed by atoms with van der Waals surface area (Å²) >= 11 is 0. The summed E-state index contributed by atoms with van der Waals surface area (Å²) < 4.78 is 19.4. The quantitative estimate of drug-likeness (QED) is 0.649. The number of nitrogens with zero attached hydrogens (tertiary/aromatic N) is 1. The standard InChI is InChI=1S/C15H18FN3O/c1-3-10-6-5-9-18-14(10)15(19-17)11-7-4-8-12(20-2)13(11)16/h4-9,15,19H,3,17H2,1-2H3. The van der Waals surface area contributed by atoms with Gasteiger partial charge in [-0.25, -0.2) is 9.82 Å². The average molecular weight is 275 g/mol. The Morgan fingerprint density at radius 1 is 1.35 bits per heavy atom. The number of nitrogens with one attached hydrogen (secondary N) is 1. The highest BCUT2D eigenvalue weighted by molar-refractivity contribution is 5.38. The fourth-order valence-electron chi connectivity index (χ4n) is 2.23. The van der Waals surface area contributed by atoms with Crippen LogP contribution in [0.4, 0.5) is 4.39 Å². The molecule has 1 aromatic carbocycles. The van der Waals surface area contributed by atoms with E-state index >= 15 is 0 Å². The van der Waals surface area contributed by atoms with E-state index < -0.39 is 11.9 Å². The molecule has 0 bridgehead atoms. The van der Waals surface area contributed by atoms with E-state index in [-0.39, 0.29) is 5.75 Å². The first-order valence-corrected chi connectivity index (χ1v) is 6.45. The van der Waals surface area contributed by atoms with Crippen LogP contribution in [0.25, 0.3) is 0 Å². The van der Waals surface area contributed by atoms with Crippen LogP contribution in [0.2, 0.25) is 0 Å². The van der Waals surface area contributed by atoms with Gasteiger partial charge in [-0.2, -0.15) is 0 Å². The number of pyridine rings is 1. The minimum Gasteiger partial charge on any atom is -0.494 e. The van der Waals surface area contributed by atoms with E-state index in [9.17, 15) is 4.39 Å². The molecule has 0 spiro atoms. The lowest BCUT2D eigenvalue weighted by atomic mass is 9.98. The first-order chi connectivity index (χ1) is 9.72. The molecule has 20 heavy (non-hydrogen) atoms. The summed E-state index contributed by atoms with van der Waals surface area (Å²) in [6, 6.07) is 8.29. The second kappa shape index (κ2) is 6.45. The molecule has 2 aromatic rings. The highest BCUT2D eigenvalue weighted by atomic mass is 19.1. The third-order valence-corrected chi connectivity index (χ3v) is 3.27. The minimum atomic E-state index is -0.513. The van der Waals surface area contributed by atoms with Gasteiger partial charge in [-0.3, -0.25) is 10.8 Å². The van der Waals surface area contributed by atoms with Gasteiger partial charge in [0.15, 0.2) is 11.6 Å². The Balaban J connectivity index is 2.53. The molecule has 0 saturated heterocycles. The minimum absolute atomic E-state index is 0.191. The van der Waals surface area contributed by atoms with Gasteiger partial charge < -0.3 is 4.74 Å². The van der Waals surface area contributed by atoms with Gasteiger partial charge in [0.25, 0.3) is 0 Å². The number of methoxy groups -OCH3 is 1. The molecule has 0 radical (unpaired) electrons. The summed E-state index contributed by atoms with van der Waals surface area (Å²) in [5.41, 5.74) is 4.81. The fourth-order valence-corrected chi connectivity index (χ4v) is 2.23. The number of aryl methyl sites for hydroxylation is 1. The van der Waals surface area contributed by atoms with Gasteiger partial charge in [0, 0.05) is 11.8 Å². The normalized spacial score (nSPS) is 12.2. The van der Waals surface area contributed by atoms with Gasteiger partial charge in [0.1, 0.15) is 0 Å². The molecule has 4 nitrogen and oxygen atoms in total. The SMILES string of the molecule is CCc1cccnc1C(NN)c1cccc(OC)c1F. The van der Waals surface area contributed by atoms with Crippen molar-refractivity contribution in [1.82, 2.24) is 10.4 Å². The van der Waals surface area contributed by atoms with Gasteiger partial charge in [0.2, 0.25) is 0 Å². The first-order valence-electron chi connectivity index (χ1n) is 6.45. The van der Waals surface area contributed by atoms with Crippen molar-refractivity contribution in [3.8, 4) is 5.75 Å². The Hall–Kier alpha value is -1.98. The number of hydrazine groups is 1. The van der Waals surface area contributed by atoms with E-state index in [0.29, 0.717) is 5.56 Å². The van der Waals surface area contributed by atoms with E-state index in [0.717, 1.165) is 17.7 Å². The highest BCUT2D eigenvalue weighted by Gasteiger charge is 2.22. The van der Waals surface area contributed by atoms with Gasteiger partial charge >= 0.3 is 0 Å². The van der Waals surface area contributed by atoms with Gasteiger partial charge in [-0.05, 0) is 24.1 Å². The molecule has 5 heteroatoms. The van der Waals surface area contributed by atoms with Crippen LogP contribution in [0.15, 0.2) is 36.5 Å². The van der Waals surface area contributed by atoms with Gasteiger partial charge in [0.05, 0.1) is 18.8 Å². The van der Waals surface area contributed by atoms with E-state index in [1.165, 1.54) is 7.11 Å². The number of nitrogens with two attached hydrogens (primary N) is 1. The number of benzene rings is 1. The Labute approximate surface area is 117 Å². The number of rotatable bonds is 5. The Bertz CT molecular complexity index is 589. The molecule has 1 atom stereocenters. The van der Waals surface area contributed by atoms with Crippen molar-refractivity contribution in [3.63, 3.8) is 0 Å². The van der Waals surface area contributed by atoms with Crippen molar-refractivity contribution in [1.29, 1.82) is 0 Å². The van der Waals surface area contributed by atoms with Crippen molar-refractivity contribution in [2.24, 2.45) is 5.84 Å². The Kier molecular flexibility index (Phi) is 4.65. The Morgan fingerprint density at radius 3 is 2.80 bits per heavy atom. The van der Waals surface area contributed by atoms with Crippen molar-refractivity contribution in [3.05, 3.63) is 59.2 Å². The van der Waals surface area contributed by atoms with Crippen LogP contribution in [0.5, 0.6) is 5.75 Å². The molecule has 1 unspecified atom stereocenters. The van der Waals surface area contributed by atoms with Crippen LogP contribution in [-0.2, 0) is 6.42 Å². The number of hydrogen-bond acceptors (Lipinski definition) is 4. The zero-order chi connectivity index (χ0) is 14.5.